The summed E-state index contributed by atoms with van der Waals surface area (Å²) in [6, 6.07) is 9.80. The molecule has 1 aliphatic rings. The van der Waals surface area contributed by atoms with E-state index >= 15 is 0 Å². The molecule has 0 radical (unpaired) electrons. The number of allylic oxidation sites excluding steroid dienone is 1. The maximum Gasteiger partial charge on any atom is 0.343 e. The minimum Gasteiger partial charge on any atom is -0.490 e. The van der Waals surface area contributed by atoms with Gasteiger partial charge in [0, 0.05) is 11.3 Å². The summed E-state index contributed by atoms with van der Waals surface area (Å²) in [5.41, 5.74) is 4.59. The van der Waals surface area contributed by atoms with Crippen molar-refractivity contribution in [1.29, 1.82) is 0 Å². The Morgan fingerprint density at radius 3 is 2.55 bits per heavy atom. The highest BCUT2D eigenvalue weighted by Gasteiger charge is 2.32. The molecule has 2 aromatic rings. The van der Waals surface area contributed by atoms with Crippen molar-refractivity contribution < 1.29 is 38.1 Å². The molecule has 12 nitrogen and oxygen atoms in total. The van der Waals surface area contributed by atoms with Crippen LogP contribution in [0.5, 0.6) is 17.2 Å². The number of hydrazone groups is 1. The van der Waals surface area contributed by atoms with Crippen molar-refractivity contribution in [3.05, 3.63) is 62.4 Å². The highest BCUT2D eigenvalue weighted by atomic mass is 127. The molecular weight excluding hydrogens is 679 g/mol. The zero-order chi connectivity index (χ0) is 30.6. The molecule has 1 heterocycles. The summed E-state index contributed by atoms with van der Waals surface area (Å²) in [6.45, 7) is 5.26. The quantitative estimate of drug-likeness (QED) is 0.0928. The molecule has 0 saturated heterocycles. The van der Waals surface area contributed by atoms with Gasteiger partial charge >= 0.3 is 11.9 Å². The molecule has 0 saturated carbocycles. The lowest BCUT2D eigenvalue weighted by Gasteiger charge is -2.30. The first-order valence-electron chi connectivity index (χ1n) is 12.8. The van der Waals surface area contributed by atoms with Crippen LogP contribution in [0.15, 0.2) is 52.8 Å². The predicted molar refractivity (Wildman–Crippen MR) is 166 cm³/mol. The van der Waals surface area contributed by atoms with Crippen LogP contribution in [-0.2, 0) is 23.9 Å². The number of hydrogen-bond donors (Lipinski definition) is 3. The molecule has 1 aliphatic heterocycles. The molecule has 2 aromatic carbocycles. The van der Waals surface area contributed by atoms with Crippen molar-refractivity contribution in [3.63, 3.8) is 0 Å². The third-order valence-corrected chi connectivity index (χ3v) is 6.67. The van der Waals surface area contributed by atoms with Crippen LogP contribution >= 0.6 is 34.8 Å². The van der Waals surface area contributed by atoms with Crippen LogP contribution in [0.1, 0.15) is 37.9 Å². The molecule has 0 spiro atoms. The Morgan fingerprint density at radius 2 is 1.83 bits per heavy atom. The number of amides is 1. The molecular formula is C28H31IN4O8S. The van der Waals surface area contributed by atoms with Gasteiger partial charge in [0.1, 0.15) is 5.75 Å². The van der Waals surface area contributed by atoms with E-state index < -0.39 is 23.9 Å². The largest absolute Gasteiger partial charge is 0.490 e. The Bertz CT molecular complexity index is 1400. The Labute approximate surface area is 262 Å². The average Bonchev–Trinajstić information content (AvgIpc) is 2.95. The van der Waals surface area contributed by atoms with Crippen LogP contribution in [0.4, 0.5) is 0 Å². The van der Waals surface area contributed by atoms with E-state index in [4.69, 9.17) is 31.2 Å². The molecule has 0 aromatic heterocycles. The van der Waals surface area contributed by atoms with E-state index in [0.29, 0.717) is 54.9 Å². The number of carbonyl (C=O) groups is 3. The van der Waals surface area contributed by atoms with Crippen molar-refractivity contribution >= 4 is 64.0 Å². The van der Waals surface area contributed by atoms with Crippen LogP contribution in [0, 0.1) is 3.57 Å². The molecule has 42 heavy (non-hydrogen) atoms. The highest BCUT2D eigenvalue weighted by Crippen LogP contribution is 2.35. The Kier molecular flexibility index (Phi) is 12.3. The van der Waals surface area contributed by atoms with E-state index in [1.54, 1.807) is 50.2 Å². The molecule has 0 aliphatic carbocycles. The SMILES string of the molecule is CCOC(=O)C1=C(C)NC(=S)N[C@H]1c1ccccc1OCC(=O)NN=Cc1cc(I)c(OCC(=O)OC)c(OCC)c1. The molecule has 3 N–H and O–H groups in total. The monoisotopic (exact) mass is 710 g/mol. The first-order valence-corrected chi connectivity index (χ1v) is 14.3. The summed E-state index contributed by atoms with van der Waals surface area (Å²) < 4.78 is 27.6. The van der Waals surface area contributed by atoms with Crippen molar-refractivity contribution in [1.82, 2.24) is 16.1 Å². The molecule has 0 fully saturated rings. The molecule has 14 heteroatoms. The van der Waals surface area contributed by atoms with Crippen LogP contribution in [0.25, 0.3) is 0 Å². The Morgan fingerprint density at radius 1 is 1.07 bits per heavy atom. The molecule has 1 atom stereocenters. The number of esters is 2. The Hall–Kier alpha value is -3.92. The van der Waals surface area contributed by atoms with Gasteiger partial charge in [0.15, 0.2) is 29.8 Å². The van der Waals surface area contributed by atoms with Gasteiger partial charge in [-0.05, 0) is 79.3 Å². The van der Waals surface area contributed by atoms with Crippen LogP contribution in [-0.4, -0.2) is 62.7 Å². The lowest BCUT2D eigenvalue weighted by Crippen LogP contribution is -2.45. The van der Waals surface area contributed by atoms with Crippen molar-refractivity contribution in [2.75, 3.05) is 33.5 Å². The number of thiocarbonyl (C=S) groups is 1. The van der Waals surface area contributed by atoms with Crippen LogP contribution in [0.2, 0.25) is 0 Å². The second-order valence-electron chi connectivity index (χ2n) is 8.54. The summed E-state index contributed by atoms with van der Waals surface area (Å²) >= 11 is 7.36. The normalized spacial score (nSPS) is 14.5. The van der Waals surface area contributed by atoms with Gasteiger partial charge in [-0.2, -0.15) is 5.10 Å². The van der Waals surface area contributed by atoms with Gasteiger partial charge in [-0.3, -0.25) is 4.79 Å². The van der Waals surface area contributed by atoms with Gasteiger partial charge in [0.25, 0.3) is 5.91 Å². The van der Waals surface area contributed by atoms with Gasteiger partial charge in [-0.1, -0.05) is 18.2 Å². The zero-order valence-electron chi connectivity index (χ0n) is 23.4. The first-order chi connectivity index (χ1) is 20.2. The van der Waals surface area contributed by atoms with Gasteiger partial charge in [0.05, 0.1) is 41.7 Å². The molecule has 0 bridgehead atoms. The summed E-state index contributed by atoms with van der Waals surface area (Å²) in [7, 11) is 1.28. The standard InChI is InChI=1S/C28H31IN4O8S/c1-5-38-21-12-17(11-19(29)26(21)41-15-23(35)37-4)13-30-33-22(34)14-40-20-10-8-7-9-18(20)25-24(27(36)39-6-2)16(3)31-28(42)32-25/h7-13,25H,5-6,14-15H2,1-4H3,(H,33,34)(H2,31,32,42)/t25-/m0/s1. The number of methoxy groups -OCH3 is 1. The minimum atomic E-state index is -0.642. The van der Waals surface area contributed by atoms with Crippen molar-refractivity contribution in [2.24, 2.45) is 5.10 Å². The summed E-state index contributed by atoms with van der Waals surface area (Å²) in [5, 5.41) is 10.4. The molecule has 3 rings (SSSR count). The molecule has 224 valence electrons. The van der Waals surface area contributed by atoms with Crippen LogP contribution < -0.4 is 30.3 Å². The Balaban J connectivity index is 1.69. The highest BCUT2D eigenvalue weighted by molar-refractivity contribution is 14.1. The average molecular weight is 711 g/mol. The summed E-state index contributed by atoms with van der Waals surface area (Å²) in [4.78, 5) is 36.8. The van der Waals surface area contributed by atoms with Gasteiger partial charge in [-0.25, -0.2) is 15.0 Å². The summed E-state index contributed by atoms with van der Waals surface area (Å²) in [5.74, 6) is -0.325. The molecule has 0 unspecified atom stereocenters. The minimum absolute atomic E-state index is 0.213. The number of halogens is 1. The maximum atomic E-state index is 12.7. The van der Waals surface area contributed by atoms with E-state index in [0.717, 1.165) is 0 Å². The maximum absolute atomic E-state index is 12.7. The predicted octanol–water partition coefficient (Wildman–Crippen LogP) is 3.13. The second-order valence-corrected chi connectivity index (χ2v) is 10.1. The number of hydrogen-bond acceptors (Lipinski definition) is 10. The van der Waals surface area contributed by atoms with Gasteiger partial charge in [0.2, 0.25) is 0 Å². The smallest absolute Gasteiger partial charge is 0.343 e. The number of nitrogens with zero attached hydrogens (tertiary/aromatic N) is 1. The third kappa shape index (κ3) is 8.79. The number of para-hydroxylation sites is 1. The number of carbonyl (C=O) groups excluding carboxylic acids is 3. The van der Waals surface area contributed by atoms with E-state index in [1.165, 1.54) is 13.3 Å². The van der Waals surface area contributed by atoms with E-state index in [9.17, 15) is 14.4 Å². The lowest BCUT2D eigenvalue weighted by atomic mass is 9.95. The fourth-order valence-electron chi connectivity index (χ4n) is 3.87. The number of ether oxygens (including phenoxy) is 5. The second kappa shape index (κ2) is 15.9. The van der Waals surface area contributed by atoms with E-state index in [1.807, 2.05) is 6.92 Å². The fourth-order valence-corrected chi connectivity index (χ4v) is 4.92. The topological polar surface area (TPSA) is 146 Å². The van der Waals surface area contributed by atoms with E-state index in [-0.39, 0.29) is 19.8 Å². The number of nitrogens with one attached hydrogen (secondary N) is 3. The first kappa shape index (κ1) is 32.6. The van der Waals surface area contributed by atoms with Gasteiger partial charge in [-0.15, -0.1) is 0 Å². The van der Waals surface area contributed by atoms with Crippen LogP contribution in [0.3, 0.4) is 0 Å². The van der Waals surface area contributed by atoms with Gasteiger partial charge < -0.3 is 34.3 Å². The lowest BCUT2D eigenvalue weighted by molar-refractivity contribution is -0.143. The van der Waals surface area contributed by atoms with Crippen molar-refractivity contribution in [3.8, 4) is 17.2 Å². The van der Waals surface area contributed by atoms with E-state index in [2.05, 4.69) is 48.5 Å². The zero-order valence-corrected chi connectivity index (χ0v) is 26.4. The van der Waals surface area contributed by atoms with Crippen molar-refractivity contribution in [2.45, 2.75) is 26.8 Å². The number of benzene rings is 2. The third-order valence-electron chi connectivity index (χ3n) is 5.65. The summed E-state index contributed by atoms with van der Waals surface area (Å²) in [6.07, 6.45) is 1.44. The fraction of sp³-hybridized carbons (Fsp3) is 0.321. The molecule has 1 amide bonds. The number of rotatable bonds is 13.